The van der Waals surface area contributed by atoms with Crippen molar-refractivity contribution < 1.29 is 14.4 Å². The summed E-state index contributed by atoms with van der Waals surface area (Å²) in [5.41, 5.74) is 5.37. The number of carbonyl (C=O) groups is 3. The van der Waals surface area contributed by atoms with E-state index >= 15 is 0 Å². The molecule has 0 saturated carbocycles. The van der Waals surface area contributed by atoms with Crippen LogP contribution < -0.4 is 16.4 Å². The van der Waals surface area contributed by atoms with Crippen molar-refractivity contribution in [3.05, 3.63) is 29.8 Å². The predicted molar refractivity (Wildman–Crippen MR) is 80.7 cm³/mol. The molecule has 0 atom stereocenters. The minimum Gasteiger partial charge on any atom is -0.366 e. The van der Waals surface area contributed by atoms with Gasteiger partial charge in [-0.3, -0.25) is 14.4 Å². The molecule has 0 spiro atoms. The fraction of sp³-hybridized carbons (Fsp3) is 0.400. The van der Waals surface area contributed by atoms with Gasteiger partial charge in [-0.05, 0) is 12.1 Å². The van der Waals surface area contributed by atoms with E-state index in [1.54, 1.807) is 45.0 Å². The molecule has 0 aromatic heterocycles. The SMILES string of the molecule is CC(C)(C)C(=O)NCCC(=O)Nc1ccccc1C(N)=O. The normalized spacial score (nSPS) is 10.8. The lowest BCUT2D eigenvalue weighted by molar-refractivity contribution is -0.128. The summed E-state index contributed by atoms with van der Waals surface area (Å²) in [5, 5.41) is 5.30. The molecule has 0 aliphatic heterocycles. The third-order valence-electron chi connectivity index (χ3n) is 2.79. The van der Waals surface area contributed by atoms with Gasteiger partial charge < -0.3 is 16.4 Å². The Bertz CT molecular complexity index is 547. The summed E-state index contributed by atoms with van der Waals surface area (Å²) in [5.74, 6) is -1.02. The van der Waals surface area contributed by atoms with Crippen molar-refractivity contribution in [2.24, 2.45) is 11.1 Å². The lowest BCUT2D eigenvalue weighted by Crippen LogP contribution is -2.36. The third-order valence-corrected chi connectivity index (χ3v) is 2.79. The van der Waals surface area contributed by atoms with Gasteiger partial charge in [-0.2, -0.15) is 0 Å². The van der Waals surface area contributed by atoms with Crippen LogP contribution in [0.5, 0.6) is 0 Å². The maximum Gasteiger partial charge on any atom is 0.250 e. The van der Waals surface area contributed by atoms with Crippen LogP contribution in [-0.2, 0) is 9.59 Å². The first-order valence-electron chi connectivity index (χ1n) is 6.69. The van der Waals surface area contributed by atoms with Gasteiger partial charge in [0, 0.05) is 18.4 Å². The number of para-hydroxylation sites is 1. The smallest absolute Gasteiger partial charge is 0.250 e. The van der Waals surface area contributed by atoms with Crippen molar-refractivity contribution >= 4 is 23.4 Å². The molecule has 0 radical (unpaired) electrons. The van der Waals surface area contributed by atoms with E-state index in [1.807, 2.05) is 0 Å². The van der Waals surface area contributed by atoms with E-state index in [4.69, 9.17) is 5.73 Å². The monoisotopic (exact) mass is 291 g/mol. The summed E-state index contributed by atoms with van der Waals surface area (Å²) in [6.07, 6.45) is 0.120. The number of carbonyl (C=O) groups excluding carboxylic acids is 3. The summed E-state index contributed by atoms with van der Waals surface area (Å²) in [6.45, 7) is 5.63. The second-order valence-electron chi connectivity index (χ2n) is 5.71. The Balaban J connectivity index is 2.52. The predicted octanol–water partition coefficient (Wildman–Crippen LogP) is 1.28. The topological polar surface area (TPSA) is 101 Å². The van der Waals surface area contributed by atoms with Crippen molar-refractivity contribution in [3.8, 4) is 0 Å². The Morgan fingerprint density at radius 3 is 2.33 bits per heavy atom. The average Bonchev–Trinajstić information content (AvgIpc) is 2.37. The molecule has 4 N–H and O–H groups in total. The number of nitrogens with two attached hydrogens (primary N) is 1. The fourth-order valence-electron chi connectivity index (χ4n) is 1.57. The van der Waals surface area contributed by atoms with E-state index in [0.29, 0.717) is 5.69 Å². The highest BCUT2D eigenvalue weighted by Crippen LogP contribution is 2.14. The molecule has 0 aliphatic carbocycles. The third kappa shape index (κ3) is 5.25. The number of rotatable bonds is 5. The summed E-state index contributed by atoms with van der Waals surface area (Å²) >= 11 is 0. The fourth-order valence-corrected chi connectivity index (χ4v) is 1.57. The lowest BCUT2D eigenvalue weighted by atomic mass is 9.96. The molecule has 0 unspecified atom stereocenters. The van der Waals surface area contributed by atoms with Gasteiger partial charge in [-0.1, -0.05) is 32.9 Å². The van der Waals surface area contributed by atoms with E-state index in [2.05, 4.69) is 10.6 Å². The zero-order valence-electron chi connectivity index (χ0n) is 12.5. The molecule has 3 amide bonds. The Morgan fingerprint density at radius 1 is 1.14 bits per heavy atom. The van der Waals surface area contributed by atoms with Gasteiger partial charge in [0.25, 0.3) is 5.91 Å². The molecule has 1 rings (SSSR count). The summed E-state index contributed by atoms with van der Waals surface area (Å²) in [7, 11) is 0. The average molecular weight is 291 g/mol. The molecular formula is C15H21N3O3. The molecule has 21 heavy (non-hydrogen) atoms. The molecule has 0 saturated heterocycles. The number of benzene rings is 1. The molecule has 6 heteroatoms. The summed E-state index contributed by atoms with van der Waals surface area (Å²) in [6, 6.07) is 6.51. The quantitative estimate of drug-likeness (QED) is 0.761. The first-order chi connectivity index (χ1) is 9.71. The van der Waals surface area contributed by atoms with Gasteiger partial charge >= 0.3 is 0 Å². The van der Waals surface area contributed by atoms with Gasteiger partial charge in [0.15, 0.2) is 0 Å². The van der Waals surface area contributed by atoms with Crippen LogP contribution in [0.25, 0.3) is 0 Å². The van der Waals surface area contributed by atoms with Crippen molar-refractivity contribution in [2.45, 2.75) is 27.2 Å². The number of hydrogen-bond acceptors (Lipinski definition) is 3. The van der Waals surface area contributed by atoms with Crippen LogP contribution in [-0.4, -0.2) is 24.3 Å². The van der Waals surface area contributed by atoms with Crippen molar-refractivity contribution in [2.75, 3.05) is 11.9 Å². The van der Waals surface area contributed by atoms with Crippen LogP contribution in [0.4, 0.5) is 5.69 Å². The summed E-state index contributed by atoms with van der Waals surface area (Å²) < 4.78 is 0. The van der Waals surface area contributed by atoms with Crippen LogP contribution in [0, 0.1) is 5.41 Å². The minimum absolute atomic E-state index is 0.118. The van der Waals surface area contributed by atoms with E-state index in [0.717, 1.165) is 0 Å². The number of hydrogen-bond donors (Lipinski definition) is 3. The van der Waals surface area contributed by atoms with Crippen molar-refractivity contribution in [1.29, 1.82) is 0 Å². The van der Waals surface area contributed by atoms with E-state index in [-0.39, 0.29) is 30.3 Å². The zero-order chi connectivity index (χ0) is 16.0. The number of amides is 3. The van der Waals surface area contributed by atoms with Gasteiger partial charge in [-0.25, -0.2) is 0 Å². The lowest BCUT2D eigenvalue weighted by Gasteiger charge is -2.17. The highest BCUT2D eigenvalue weighted by atomic mass is 16.2. The second-order valence-corrected chi connectivity index (χ2v) is 5.71. The standard InChI is InChI=1S/C15H21N3O3/c1-15(2,3)14(21)17-9-8-12(19)18-11-7-5-4-6-10(11)13(16)20/h4-7H,8-9H2,1-3H3,(H2,16,20)(H,17,21)(H,18,19). The molecule has 0 heterocycles. The highest BCUT2D eigenvalue weighted by molar-refractivity contribution is 6.03. The molecule has 6 nitrogen and oxygen atoms in total. The zero-order valence-corrected chi connectivity index (χ0v) is 12.5. The van der Waals surface area contributed by atoms with Crippen molar-refractivity contribution in [3.63, 3.8) is 0 Å². The first kappa shape index (κ1) is 16.7. The van der Waals surface area contributed by atoms with E-state index in [1.165, 1.54) is 0 Å². The highest BCUT2D eigenvalue weighted by Gasteiger charge is 2.20. The van der Waals surface area contributed by atoms with Crippen LogP contribution in [0.2, 0.25) is 0 Å². The number of nitrogens with one attached hydrogen (secondary N) is 2. The Morgan fingerprint density at radius 2 is 1.76 bits per heavy atom. The van der Waals surface area contributed by atoms with Gasteiger partial charge in [0.1, 0.15) is 0 Å². The Labute approximate surface area is 124 Å². The molecule has 114 valence electrons. The molecule has 0 aliphatic rings. The van der Waals surface area contributed by atoms with Gasteiger partial charge in [0.2, 0.25) is 11.8 Å². The molecular weight excluding hydrogens is 270 g/mol. The first-order valence-corrected chi connectivity index (χ1v) is 6.69. The number of primary amides is 1. The second kappa shape index (κ2) is 6.88. The van der Waals surface area contributed by atoms with Gasteiger partial charge in [-0.15, -0.1) is 0 Å². The van der Waals surface area contributed by atoms with E-state index in [9.17, 15) is 14.4 Å². The van der Waals surface area contributed by atoms with E-state index < -0.39 is 11.3 Å². The van der Waals surface area contributed by atoms with Crippen LogP contribution >= 0.6 is 0 Å². The largest absolute Gasteiger partial charge is 0.366 e. The Kier molecular flexibility index (Phi) is 5.46. The van der Waals surface area contributed by atoms with Crippen LogP contribution in [0.15, 0.2) is 24.3 Å². The number of anilines is 1. The van der Waals surface area contributed by atoms with Crippen LogP contribution in [0.1, 0.15) is 37.6 Å². The molecule has 1 aromatic carbocycles. The van der Waals surface area contributed by atoms with Gasteiger partial charge in [0.05, 0.1) is 11.3 Å². The van der Waals surface area contributed by atoms with Crippen molar-refractivity contribution in [1.82, 2.24) is 5.32 Å². The molecule has 1 aromatic rings. The van der Waals surface area contributed by atoms with Crippen LogP contribution in [0.3, 0.4) is 0 Å². The Hall–Kier alpha value is -2.37. The minimum atomic E-state index is -0.605. The maximum atomic E-state index is 11.8. The summed E-state index contributed by atoms with van der Waals surface area (Å²) in [4.78, 5) is 34.7. The molecule has 0 fully saturated rings. The maximum absolute atomic E-state index is 11.8. The molecule has 0 bridgehead atoms.